The van der Waals surface area contributed by atoms with Crippen LogP contribution in [0.15, 0.2) is 22.7 Å². The number of carbonyl (C=O) groups is 1. The first-order chi connectivity index (χ1) is 13.0. The molecule has 144 valence electrons. The van der Waals surface area contributed by atoms with Crippen molar-refractivity contribution in [2.75, 3.05) is 6.61 Å². The van der Waals surface area contributed by atoms with Crippen molar-refractivity contribution < 1.29 is 14.1 Å². The van der Waals surface area contributed by atoms with Crippen molar-refractivity contribution in [2.24, 2.45) is 5.41 Å². The quantitative estimate of drug-likeness (QED) is 0.752. The minimum Gasteiger partial charge on any atom is -0.378 e. The molecular formula is C20H22Cl2N2O3. The average molecular weight is 409 g/mol. The summed E-state index contributed by atoms with van der Waals surface area (Å²) >= 11 is 12.6. The van der Waals surface area contributed by atoms with Gasteiger partial charge in [0.05, 0.1) is 16.1 Å². The van der Waals surface area contributed by atoms with E-state index in [-0.39, 0.29) is 23.5 Å². The second-order valence-corrected chi connectivity index (χ2v) is 8.17. The Morgan fingerprint density at radius 2 is 2.07 bits per heavy atom. The fourth-order valence-corrected chi connectivity index (χ4v) is 4.98. The monoisotopic (exact) mass is 408 g/mol. The van der Waals surface area contributed by atoms with Crippen LogP contribution in [-0.2, 0) is 4.74 Å². The van der Waals surface area contributed by atoms with Gasteiger partial charge in [0.1, 0.15) is 17.0 Å². The van der Waals surface area contributed by atoms with Crippen molar-refractivity contribution >= 4 is 29.1 Å². The second-order valence-electron chi connectivity index (χ2n) is 7.35. The lowest BCUT2D eigenvalue weighted by atomic mass is 9.51. The summed E-state index contributed by atoms with van der Waals surface area (Å²) in [6.45, 7) is 4.43. The van der Waals surface area contributed by atoms with Crippen molar-refractivity contribution in [1.29, 1.82) is 0 Å². The van der Waals surface area contributed by atoms with Gasteiger partial charge in [0.15, 0.2) is 0 Å². The van der Waals surface area contributed by atoms with Gasteiger partial charge in [-0.1, -0.05) is 40.8 Å². The van der Waals surface area contributed by atoms with Crippen LogP contribution in [0.25, 0.3) is 11.3 Å². The number of nitrogens with one attached hydrogen (secondary N) is 1. The Hall–Kier alpha value is -1.56. The van der Waals surface area contributed by atoms with Gasteiger partial charge in [0.25, 0.3) is 5.91 Å². The molecule has 1 aromatic carbocycles. The van der Waals surface area contributed by atoms with Crippen molar-refractivity contribution in [1.82, 2.24) is 10.5 Å². The normalized spacial score (nSPS) is 23.0. The number of benzene rings is 1. The topological polar surface area (TPSA) is 64.4 Å². The molecule has 5 nitrogen and oxygen atoms in total. The van der Waals surface area contributed by atoms with Crippen LogP contribution in [0.4, 0.5) is 0 Å². The molecule has 1 aromatic heterocycles. The molecule has 7 heteroatoms. The van der Waals surface area contributed by atoms with Gasteiger partial charge in [0.2, 0.25) is 0 Å². The number of aryl methyl sites for hydroxylation is 1. The number of aromatic nitrogens is 1. The van der Waals surface area contributed by atoms with Gasteiger partial charge in [0, 0.05) is 23.6 Å². The fourth-order valence-electron chi connectivity index (χ4n) is 4.41. The Bertz CT molecular complexity index is 856. The predicted molar refractivity (Wildman–Crippen MR) is 104 cm³/mol. The Kier molecular flexibility index (Phi) is 4.95. The second kappa shape index (κ2) is 7.12. The summed E-state index contributed by atoms with van der Waals surface area (Å²) in [6.07, 6.45) is 4.44. The molecule has 0 unspecified atom stereocenters. The van der Waals surface area contributed by atoms with E-state index in [1.165, 1.54) is 6.42 Å². The lowest BCUT2D eigenvalue weighted by Crippen LogP contribution is -2.67. The minimum atomic E-state index is -0.203. The molecule has 2 aliphatic rings. The molecule has 2 aliphatic carbocycles. The van der Waals surface area contributed by atoms with E-state index in [2.05, 4.69) is 10.5 Å². The number of carbonyl (C=O) groups excluding carboxylic acids is 1. The summed E-state index contributed by atoms with van der Waals surface area (Å²) in [4.78, 5) is 13.1. The van der Waals surface area contributed by atoms with Gasteiger partial charge in [-0.2, -0.15) is 0 Å². The van der Waals surface area contributed by atoms with E-state index < -0.39 is 0 Å². The molecule has 2 aromatic rings. The zero-order valence-electron chi connectivity index (χ0n) is 15.4. The van der Waals surface area contributed by atoms with Gasteiger partial charge >= 0.3 is 0 Å². The molecule has 2 fully saturated rings. The lowest BCUT2D eigenvalue weighted by Gasteiger charge is -2.60. The molecule has 4 rings (SSSR count). The van der Waals surface area contributed by atoms with Crippen LogP contribution in [-0.4, -0.2) is 29.8 Å². The van der Waals surface area contributed by atoms with Crippen LogP contribution < -0.4 is 5.32 Å². The van der Waals surface area contributed by atoms with Gasteiger partial charge in [-0.3, -0.25) is 4.79 Å². The summed E-state index contributed by atoms with van der Waals surface area (Å²) in [5.74, 6) is 0.243. The maximum Gasteiger partial charge on any atom is 0.257 e. The van der Waals surface area contributed by atoms with Crippen LogP contribution in [0.3, 0.4) is 0 Å². The third-order valence-electron chi connectivity index (χ3n) is 6.03. The lowest BCUT2D eigenvalue weighted by molar-refractivity contribution is -0.169. The van der Waals surface area contributed by atoms with Crippen molar-refractivity contribution in [2.45, 2.75) is 51.7 Å². The maximum atomic E-state index is 13.1. The highest BCUT2D eigenvalue weighted by molar-refractivity contribution is 6.39. The van der Waals surface area contributed by atoms with E-state index in [1.54, 1.807) is 25.1 Å². The van der Waals surface area contributed by atoms with E-state index in [0.717, 1.165) is 19.3 Å². The number of ether oxygens (including phenoxy) is 1. The number of halogens is 2. The Balaban J connectivity index is 1.60. The molecule has 2 atom stereocenters. The van der Waals surface area contributed by atoms with E-state index in [0.29, 0.717) is 39.2 Å². The van der Waals surface area contributed by atoms with Crippen LogP contribution in [0, 0.1) is 12.3 Å². The smallest absolute Gasteiger partial charge is 0.257 e. The maximum absolute atomic E-state index is 13.1. The molecular weight excluding hydrogens is 387 g/mol. The first-order valence-corrected chi connectivity index (χ1v) is 10.1. The van der Waals surface area contributed by atoms with Gasteiger partial charge in [-0.05, 0) is 45.2 Å². The molecule has 2 saturated carbocycles. The van der Waals surface area contributed by atoms with E-state index in [1.807, 2.05) is 6.92 Å². The molecule has 1 N–H and O–H groups in total. The molecule has 0 radical (unpaired) electrons. The SMILES string of the molecule is CCO[C@H]1C[C@@H](NC(=O)c2c(-c3c(Cl)cccc3Cl)noc2C)C12CCC2. The summed E-state index contributed by atoms with van der Waals surface area (Å²) in [5, 5.41) is 8.11. The molecule has 1 amide bonds. The average Bonchev–Trinajstić information content (AvgIpc) is 2.93. The van der Waals surface area contributed by atoms with E-state index >= 15 is 0 Å². The van der Waals surface area contributed by atoms with Crippen LogP contribution in [0.2, 0.25) is 10.0 Å². The van der Waals surface area contributed by atoms with Gasteiger partial charge in [-0.15, -0.1) is 0 Å². The molecule has 27 heavy (non-hydrogen) atoms. The third kappa shape index (κ3) is 2.96. The van der Waals surface area contributed by atoms with Crippen molar-refractivity contribution in [3.8, 4) is 11.3 Å². The van der Waals surface area contributed by atoms with E-state index in [4.69, 9.17) is 32.5 Å². The van der Waals surface area contributed by atoms with Crippen LogP contribution in [0.5, 0.6) is 0 Å². The Morgan fingerprint density at radius 1 is 1.37 bits per heavy atom. The summed E-state index contributed by atoms with van der Waals surface area (Å²) in [6, 6.07) is 5.30. The molecule has 0 bridgehead atoms. The summed E-state index contributed by atoms with van der Waals surface area (Å²) < 4.78 is 11.2. The first kappa shape index (κ1) is 18.8. The summed E-state index contributed by atoms with van der Waals surface area (Å²) in [7, 11) is 0. The number of nitrogens with zero attached hydrogens (tertiary/aromatic N) is 1. The predicted octanol–water partition coefficient (Wildman–Crippen LogP) is 5.03. The molecule has 1 heterocycles. The fraction of sp³-hybridized carbons (Fsp3) is 0.500. The number of amides is 1. The zero-order chi connectivity index (χ0) is 19.2. The Morgan fingerprint density at radius 3 is 2.67 bits per heavy atom. The summed E-state index contributed by atoms with van der Waals surface area (Å²) in [5.41, 5.74) is 1.36. The number of rotatable bonds is 5. The zero-order valence-corrected chi connectivity index (χ0v) is 16.9. The highest BCUT2D eigenvalue weighted by Crippen LogP contribution is 2.57. The third-order valence-corrected chi connectivity index (χ3v) is 6.66. The van der Waals surface area contributed by atoms with Gasteiger partial charge < -0.3 is 14.6 Å². The number of hydrogen-bond acceptors (Lipinski definition) is 4. The molecule has 0 saturated heterocycles. The van der Waals surface area contributed by atoms with Gasteiger partial charge in [-0.25, -0.2) is 0 Å². The van der Waals surface area contributed by atoms with Crippen molar-refractivity contribution in [3.05, 3.63) is 39.6 Å². The Labute approximate surface area is 168 Å². The first-order valence-electron chi connectivity index (χ1n) is 9.31. The highest BCUT2D eigenvalue weighted by atomic mass is 35.5. The van der Waals surface area contributed by atoms with Crippen molar-refractivity contribution in [3.63, 3.8) is 0 Å². The largest absolute Gasteiger partial charge is 0.378 e. The molecule has 0 aliphatic heterocycles. The number of hydrogen-bond donors (Lipinski definition) is 1. The molecule has 1 spiro atoms. The minimum absolute atomic E-state index is 0.0823. The van der Waals surface area contributed by atoms with Crippen LogP contribution >= 0.6 is 23.2 Å². The highest BCUT2D eigenvalue weighted by Gasteiger charge is 2.59. The standard InChI is InChI=1S/C20H22Cl2N2O3/c1-3-26-15-10-14(20(15)8-5-9-20)23-19(25)16-11(2)27-24-18(16)17-12(21)6-4-7-13(17)22/h4,6-7,14-15H,3,5,8-10H2,1-2H3,(H,23,25)/t14-,15+/m1/s1. The van der Waals surface area contributed by atoms with Crippen LogP contribution in [0.1, 0.15) is 48.7 Å². The van der Waals surface area contributed by atoms with E-state index in [9.17, 15) is 4.79 Å².